The minimum atomic E-state index is -0.888. The third-order valence-electron chi connectivity index (χ3n) is 4.77. The Bertz CT molecular complexity index is 915. The van der Waals surface area contributed by atoms with Gasteiger partial charge in [-0.15, -0.1) is 0 Å². The van der Waals surface area contributed by atoms with Crippen molar-refractivity contribution in [3.8, 4) is 0 Å². The molecule has 4 rings (SSSR count). The number of para-hydroxylation sites is 1. The standard InChI is InChI=1S/C22H19NO2/c24-22(25)17-11-9-16(10-12-17)14-23-15-20-7-2-1-5-18(20)13-19-6-3-4-8-21(19)23/h1-12H,13-15H2,(H,24,25). The quantitative estimate of drug-likeness (QED) is 0.769. The topological polar surface area (TPSA) is 40.5 Å². The van der Waals surface area contributed by atoms with Gasteiger partial charge in [-0.25, -0.2) is 4.79 Å². The van der Waals surface area contributed by atoms with Gasteiger partial charge in [-0.05, 0) is 46.9 Å². The van der Waals surface area contributed by atoms with E-state index in [4.69, 9.17) is 5.11 Å². The van der Waals surface area contributed by atoms with E-state index in [-0.39, 0.29) is 0 Å². The Morgan fingerprint density at radius 3 is 2.20 bits per heavy atom. The lowest BCUT2D eigenvalue weighted by molar-refractivity contribution is 0.0697. The van der Waals surface area contributed by atoms with Gasteiger partial charge in [0.25, 0.3) is 0 Å². The van der Waals surface area contributed by atoms with Crippen molar-refractivity contribution in [2.45, 2.75) is 19.5 Å². The highest BCUT2D eigenvalue weighted by atomic mass is 16.4. The van der Waals surface area contributed by atoms with Gasteiger partial charge in [-0.3, -0.25) is 0 Å². The van der Waals surface area contributed by atoms with Crippen molar-refractivity contribution in [1.82, 2.24) is 0 Å². The second kappa shape index (κ2) is 6.44. The highest BCUT2D eigenvalue weighted by Crippen LogP contribution is 2.31. The summed E-state index contributed by atoms with van der Waals surface area (Å²) in [6.07, 6.45) is 0.945. The molecule has 1 aliphatic rings. The second-order valence-electron chi connectivity index (χ2n) is 6.43. The molecule has 25 heavy (non-hydrogen) atoms. The largest absolute Gasteiger partial charge is 0.478 e. The summed E-state index contributed by atoms with van der Waals surface area (Å²) in [5, 5.41) is 9.06. The van der Waals surface area contributed by atoms with E-state index >= 15 is 0 Å². The summed E-state index contributed by atoms with van der Waals surface area (Å²) in [6.45, 7) is 1.61. The summed E-state index contributed by atoms with van der Waals surface area (Å²) < 4.78 is 0. The van der Waals surface area contributed by atoms with Gasteiger partial charge in [0.2, 0.25) is 0 Å². The van der Waals surface area contributed by atoms with Gasteiger partial charge in [-0.1, -0.05) is 54.6 Å². The number of fused-ring (bicyclic) bond motifs is 2. The molecule has 124 valence electrons. The lowest BCUT2D eigenvalue weighted by Gasteiger charge is -2.25. The molecule has 0 unspecified atom stereocenters. The maximum atomic E-state index is 11.0. The van der Waals surface area contributed by atoms with Crippen LogP contribution in [0.1, 0.15) is 32.6 Å². The van der Waals surface area contributed by atoms with Crippen LogP contribution in [0.5, 0.6) is 0 Å². The van der Waals surface area contributed by atoms with Gasteiger partial charge in [0.15, 0.2) is 0 Å². The van der Waals surface area contributed by atoms with Crippen LogP contribution in [0.4, 0.5) is 5.69 Å². The Labute approximate surface area is 147 Å². The summed E-state index contributed by atoms with van der Waals surface area (Å²) in [7, 11) is 0. The number of hydrogen-bond acceptors (Lipinski definition) is 2. The molecule has 1 heterocycles. The Morgan fingerprint density at radius 1 is 0.840 bits per heavy atom. The Morgan fingerprint density at radius 2 is 1.48 bits per heavy atom. The van der Waals surface area contributed by atoms with Crippen LogP contribution in [-0.4, -0.2) is 11.1 Å². The number of benzene rings is 3. The number of nitrogens with zero attached hydrogens (tertiary/aromatic N) is 1. The molecular weight excluding hydrogens is 310 g/mol. The van der Waals surface area contributed by atoms with E-state index in [0.717, 1.165) is 25.1 Å². The normalized spacial score (nSPS) is 12.9. The summed E-state index contributed by atoms with van der Waals surface area (Å²) >= 11 is 0. The SMILES string of the molecule is O=C(O)c1ccc(CN2Cc3ccccc3Cc3ccccc32)cc1. The van der Waals surface area contributed by atoms with Gasteiger partial charge in [0, 0.05) is 18.8 Å². The smallest absolute Gasteiger partial charge is 0.335 e. The third-order valence-corrected chi connectivity index (χ3v) is 4.77. The van der Waals surface area contributed by atoms with E-state index in [1.54, 1.807) is 12.1 Å². The molecule has 0 amide bonds. The van der Waals surface area contributed by atoms with E-state index in [1.165, 1.54) is 22.4 Å². The molecule has 1 N–H and O–H groups in total. The van der Waals surface area contributed by atoms with E-state index in [0.29, 0.717) is 5.56 Å². The van der Waals surface area contributed by atoms with Crippen LogP contribution in [0.2, 0.25) is 0 Å². The predicted octanol–water partition coefficient (Wildman–Crippen LogP) is 4.50. The van der Waals surface area contributed by atoms with Gasteiger partial charge < -0.3 is 10.0 Å². The fourth-order valence-corrected chi connectivity index (χ4v) is 3.46. The van der Waals surface area contributed by atoms with Crippen molar-refractivity contribution >= 4 is 11.7 Å². The predicted molar refractivity (Wildman–Crippen MR) is 99.0 cm³/mol. The van der Waals surface area contributed by atoms with Gasteiger partial charge in [0.05, 0.1) is 5.56 Å². The zero-order chi connectivity index (χ0) is 17.2. The monoisotopic (exact) mass is 329 g/mol. The zero-order valence-electron chi connectivity index (χ0n) is 13.9. The van der Waals surface area contributed by atoms with Gasteiger partial charge in [0.1, 0.15) is 0 Å². The average Bonchev–Trinajstić information content (AvgIpc) is 2.79. The fraction of sp³-hybridized carbons (Fsp3) is 0.136. The molecule has 0 saturated heterocycles. The van der Waals surface area contributed by atoms with E-state index in [9.17, 15) is 4.79 Å². The average molecular weight is 329 g/mol. The van der Waals surface area contributed by atoms with Gasteiger partial charge >= 0.3 is 5.97 Å². The number of rotatable bonds is 3. The molecule has 3 aromatic rings. The molecule has 0 aliphatic carbocycles. The lowest BCUT2D eigenvalue weighted by atomic mass is 10.0. The molecule has 0 radical (unpaired) electrons. The lowest BCUT2D eigenvalue weighted by Crippen LogP contribution is -2.22. The molecule has 3 nitrogen and oxygen atoms in total. The first-order valence-corrected chi connectivity index (χ1v) is 8.42. The molecule has 3 aromatic carbocycles. The Hall–Kier alpha value is -3.07. The zero-order valence-corrected chi connectivity index (χ0v) is 13.9. The summed E-state index contributed by atoms with van der Waals surface area (Å²) in [4.78, 5) is 13.4. The van der Waals surface area contributed by atoms with Crippen molar-refractivity contribution in [3.63, 3.8) is 0 Å². The van der Waals surface area contributed by atoms with Crippen LogP contribution in [0.25, 0.3) is 0 Å². The molecule has 0 fully saturated rings. The number of aromatic carboxylic acids is 1. The number of hydrogen-bond donors (Lipinski definition) is 1. The minimum Gasteiger partial charge on any atom is -0.478 e. The van der Waals surface area contributed by atoms with E-state index in [1.807, 2.05) is 12.1 Å². The molecule has 0 spiro atoms. The molecule has 0 atom stereocenters. The fourth-order valence-electron chi connectivity index (χ4n) is 3.46. The summed E-state index contributed by atoms with van der Waals surface area (Å²) in [6, 6.07) is 24.3. The van der Waals surface area contributed by atoms with Crippen molar-refractivity contribution < 1.29 is 9.90 Å². The molecular formula is C22H19NO2. The number of carbonyl (C=O) groups is 1. The minimum absolute atomic E-state index is 0.324. The molecule has 0 aromatic heterocycles. The van der Waals surface area contributed by atoms with Crippen LogP contribution in [0.3, 0.4) is 0 Å². The molecule has 3 heteroatoms. The van der Waals surface area contributed by atoms with Crippen molar-refractivity contribution in [1.29, 1.82) is 0 Å². The maximum Gasteiger partial charge on any atom is 0.335 e. The highest BCUT2D eigenvalue weighted by molar-refractivity contribution is 5.87. The van der Waals surface area contributed by atoms with Crippen LogP contribution in [-0.2, 0) is 19.5 Å². The number of anilines is 1. The first-order chi connectivity index (χ1) is 12.2. The maximum absolute atomic E-state index is 11.0. The number of carboxylic acid groups (broad SMARTS) is 1. The summed E-state index contributed by atoms with van der Waals surface area (Å²) in [5.74, 6) is -0.888. The van der Waals surface area contributed by atoms with Crippen LogP contribution in [0, 0.1) is 0 Å². The van der Waals surface area contributed by atoms with Crippen LogP contribution < -0.4 is 4.90 Å². The first kappa shape index (κ1) is 15.5. The Balaban J connectivity index is 1.69. The van der Waals surface area contributed by atoms with Crippen molar-refractivity contribution in [3.05, 3.63) is 101 Å². The first-order valence-electron chi connectivity index (χ1n) is 8.42. The van der Waals surface area contributed by atoms with Crippen LogP contribution >= 0.6 is 0 Å². The van der Waals surface area contributed by atoms with Crippen molar-refractivity contribution in [2.24, 2.45) is 0 Å². The molecule has 1 aliphatic heterocycles. The molecule has 0 bridgehead atoms. The number of carboxylic acids is 1. The van der Waals surface area contributed by atoms with Crippen LogP contribution in [0.15, 0.2) is 72.8 Å². The van der Waals surface area contributed by atoms with Gasteiger partial charge in [-0.2, -0.15) is 0 Å². The van der Waals surface area contributed by atoms with Crippen molar-refractivity contribution in [2.75, 3.05) is 4.90 Å². The molecule has 0 saturated carbocycles. The third kappa shape index (κ3) is 3.13. The summed E-state index contributed by atoms with van der Waals surface area (Å²) in [5.41, 5.74) is 6.74. The highest BCUT2D eigenvalue weighted by Gasteiger charge is 2.18. The van der Waals surface area contributed by atoms with E-state index in [2.05, 4.69) is 53.4 Å². The van der Waals surface area contributed by atoms with E-state index < -0.39 is 5.97 Å². The Kier molecular flexibility index (Phi) is 3.98. The second-order valence-corrected chi connectivity index (χ2v) is 6.43.